The van der Waals surface area contributed by atoms with Gasteiger partial charge in [-0.2, -0.15) is 0 Å². The molecule has 136 valence electrons. The summed E-state index contributed by atoms with van der Waals surface area (Å²) in [5.74, 6) is -1.04. The summed E-state index contributed by atoms with van der Waals surface area (Å²) in [6, 6.07) is 0. The molecule has 2 aromatic heterocycles. The molecule has 0 aliphatic heterocycles. The van der Waals surface area contributed by atoms with E-state index in [-0.39, 0.29) is 22.4 Å². The van der Waals surface area contributed by atoms with Gasteiger partial charge in [0.25, 0.3) is 0 Å². The smallest absolute Gasteiger partial charge is 0.328 e. The van der Waals surface area contributed by atoms with Gasteiger partial charge in [0.15, 0.2) is 16.6 Å². The maximum atomic E-state index is 12.0. The van der Waals surface area contributed by atoms with Crippen molar-refractivity contribution in [2.24, 2.45) is 0 Å². The van der Waals surface area contributed by atoms with E-state index < -0.39 is 5.97 Å². The number of carboxylic acid groups (broad SMARTS) is 1. The molecule has 25 heavy (non-hydrogen) atoms. The zero-order chi connectivity index (χ0) is 18.8. The van der Waals surface area contributed by atoms with Crippen LogP contribution in [0.3, 0.4) is 0 Å². The van der Waals surface area contributed by atoms with Gasteiger partial charge in [-0.1, -0.05) is 43.8 Å². The summed E-state index contributed by atoms with van der Waals surface area (Å²) < 4.78 is 1.43. The normalized spacial score (nSPS) is 10.6. The summed E-state index contributed by atoms with van der Waals surface area (Å²) in [5.41, 5.74) is 6.20. The molecule has 4 N–H and O–H groups in total. The fraction of sp³-hybridized carbons (Fsp3) is 0.375. The zero-order valence-corrected chi connectivity index (χ0v) is 15.2. The lowest BCUT2D eigenvalue weighted by Gasteiger charge is -2.02. The van der Waals surface area contributed by atoms with Crippen molar-refractivity contribution in [1.29, 1.82) is 0 Å². The van der Waals surface area contributed by atoms with E-state index >= 15 is 0 Å². The summed E-state index contributed by atoms with van der Waals surface area (Å²) in [5, 5.41) is 8.94. The molecule has 2 rings (SSSR count). The van der Waals surface area contributed by atoms with Crippen molar-refractivity contribution >= 4 is 34.7 Å². The molecule has 0 aliphatic rings. The Labute approximate surface area is 149 Å². The fourth-order valence-electron chi connectivity index (χ4n) is 1.90. The van der Waals surface area contributed by atoms with Gasteiger partial charge in [0.05, 0.1) is 5.75 Å². The number of aromatic amines is 1. The summed E-state index contributed by atoms with van der Waals surface area (Å²) in [4.78, 5) is 33.5. The van der Waals surface area contributed by atoms with Crippen LogP contribution in [0.5, 0.6) is 0 Å². The van der Waals surface area contributed by atoms with Crippen LogP contribution in [-0.4, -0.2) is 36.3 Å². The lowest BCUT2D eigenvalue weighted by atomic mass is 10.3. The highest BCUT2D eigenvalue weighted by atomic mass is 32.2. The van der Waals surface area contributed by atoms with Gasteiger partial charge in [0, 0.05) is 6.54 Å². The second kappa shape index (κ2) is 10.3. The Hall–Kier alpha value is -2.55. The first kappa shape index (κ1) is 20.5. The average molecular weight is 365 g/mol. The van der Waals surface area contributed by atoms with Crippen LogP contribution in [0.25, 0.3) is 11.2 Å². The highest BCUT2D eigenvalue weighted by Crippen LogP contribution is 2.20. The molecule has 8 nitrogen and oxygen atoms in total. The molecule has 0 aliphatic carbocycles. The number of nitrogens with one attached hydrogen (secondary N) is 1. The largest absolute Gasteiger partial charge is 0.481 e. The highest BCUT2D eigenvalue weighted by molar-refractivity contribution is 7.99. The number of nitrogens with two attached hydrogens (primary N) is 1. The third-order valence-electron chi connectivity index (χ3n) is 2.95. The molecule has 0 saturated heterocycles. The van der Waals surface area contributed by atoms with E-state index in [1.165, 1.54) is 4.57 Å². The van der Waals surface area contributed by atoms with Gasteiger partial charge in [-0.15, -0.1) is 6.58 Å². The molecule has 0 spiro atoms. The molecule has 0 atom stereocenters. The predicted octanol–water partition coefficient (Wildman–Crippen LogP) is 2.43. The number of nitrogen functional groups attached to an aromatic ring is 1. The van der Waals surface area contributed by atoms with Crippen molar-refractivity contribution in [2.45, 2.75) is 38.4 Å². The van der Waals surface area contributed by atoms with Gasteiger partial charge in [-0.25, -0.2) is 14.8 Å². The van der Waals surface area contributed by atoms with Crippen molar-refractivity contribution < 1.29 is 9.90 Å². The molecule has 0 amide bonds. The van der Waals surface area contributed by atoms with Crippen molar-refractivity contribution in [1.82, 2.24) is 19.5 Å². The minimum Gasteiger partial charge on any atom is -0.481 e. The Kier molecular flexibility index (Phi) is 8.48. The number of imidazole rings is 1. The van der Waals surface area contributed by atoms with Gasteiger partial charge >= 0.3 is 11.7 Å². The fourth-order valence-corrected chi connectivity index (χ4v) is 2.47. The molecule has 0 unspecified atom stereocenters. The molecule has 0 aromatic carbocycles. The molecule has 0 bridgehead atoms. The number of allylic oxidation sites excluding steroid dienone is 3. The number of anilines is 1. The monoisotopic (exact) mass is 365 g/mol. The first-order valence-electron chi connectivity index (χ1n) is 7.89. The highest BCUT2D eigenvalue weighted by Gasteiger charge is 2.14. The number of carboxylic acids is 1. The van der Waals surface area contributed by atoms with Crippen LogP contribution in [0.4, 0.5) is 5.82 Å². The number of aliphatic carboxylic acids is 1. The number of unbranched alkanes of at least 4 members (excludes halogenated alkanes) is 1. The number of hydrogen-bond donors (Lipinski definition) is 3. The molecule has 0 saturated carbocycles. The number of hydrogen-bond acceptors (Lipinski definition) is 6. The van der Waals surface area contributed by atoms with E-state index in [9.17, 15) is 9.59 Å². The van der Waals surface area contributed by atoms with Crippen LogP contribution >= 0.6 is 11.8 Å². The van der Waals surface area contributed by atoms with E-state index in [2.05, 4.69) is 21.5 Å². The maximum Gasteiger partial charge on any atom is 0.328 e. The van der Waals surface area contributed by atoms with E-state index in [4.69, 9.17) is 10.8 Å². The second-order valence-electron chi connectivity index (χ2n) is 4.65. The molecule has 9 heteroatoms. The van der Waals surface area contributed by atoms with Crippen molar-refractivity contribution in [3.63, 3.8) is 0 Å². The van der Waals surface area contributed by atoms with Gasteiger partial charge in [0.1, 0.15) is 5.52 Å². The van der Waals surface area contributed by atoms with Crippen LogP contribution in [0.1, 0.15) is 26.7 Å². The molecule has 0 fully saturated rings. The minimum absolute atomic E-state index is 0.120. The van der Waals surface area contributed by atoms with Crippen molar-refractivity contribution in [3.05, 3.63) is 35.3 Å². The van der Waals surface area contributed by atoms with Gasteiger partial charge in [-0.05, 0) is 12.8 Å². The number of carbonyl (C=O) groups is 1. The Bertz CT molecular complexity index is 810. The summed E-state index contributed by atoms with van der Waals surface area (Å²) in [6.45, 7) is 7.99. The number of H-pyrrole nitrogens is 1. The summed E-state index contributed by atoms with van der Waals surface area (Å²) >= 11 is 0.950. The predicted molar refractivity (Wildman–Crippen MR) is 101 cm³/mol. The van der Waals surface area contributed by atoms with Crippen LogP contribution in [-0.2, 0) is 11.3 Å². The number of fused-ring (bicyclic) bond motifs is 1. The standard InChI is InChI=1S/C14H17N5O3S.C2H6/c1-2-3-4-5-6-7-19-12-10(16-14(19)22)11(15)17-13(18-12)23-8-9(20)21;1-2/h2,5-6H,1,3-4,7-8H2,(H,16,22)(H,20,21)(H2,15,17,18);1-2H3/b6-5+;. The molecule has 2 aromatic rings. The lowest BCUT2D eigenvalue weighted by Crippen LogP contribution is -2.16. The van der Waals surface area contributed by atoms with E-state index in [0.717, 1.165) is 24.6 Å². The lowest BCUT2D eigenvalue weighted by molar-refractivity contribution is -0.133. The van der Waals surface area contributed by atoms with Gasteiger partial charge in [-0.3, -0.25) is 9.36 Å². The summed E-state index contributed by atoms with van der Waals surface area (Å²) in [6.07, 6.45) is 7.35. The van der Waals surface area contributed by atoms with Crippen molar-refractivity contribution in [3.8, 4) is 0 Å². The van der Waals surface area contributed by atoms with Crippen LogP contribution in [0, 0.1) is 0 Å². The first-order chi connectivity index (χ1) is 12.0. The SMILES string of the molecule is C=CCC/C=C/Cn1c(=O)[nH]c2c(N)nc(SCC(=O)O)nc21.CC. The minimum atomic E-state index is -0.978. The van der Waals surface area contributed by atoms with E-state index in [1.807, 2.05) is 32.1 Å². The maximum absolute atomic E-state index is 12.0. The Morgan fingerprint density at radius 2 is 2.08 bits per heavy atom. The average Bonchev–Trinajstić information content (AvgIpc) is 2.91. The number of rotatable bonds is 8. The van der Waals surface area contributed by atoms with Gasteiger partial charge < -0.3 is 15.8 Å². The van der Waals surface area contributed by atoms with Crippen molar-refractivity contribution in [2.75, 3.05) is 11.5 Å². The van der Waals surface area contributed by atoms with Gasteiger partial charge in [0.2, 0.25) is 0 Å². The third-order valence-corrected chi connectivity index (χ3v) is 3.78. The summed E-state index contributed by atoms with van der Waals surface area (Å²) in [7, 11) is 0. The zero-order valence-electron chi connectivity index (χ0n) is 14.4. The Morgan fingerprint density at radius 3 is 2.72 bits per heavy atom. The molecule has 2 heterocycles. The first-order valence-corrected chi connectivity index (χ1v) is 8.88. The molecule has 0 radical (unpaired) electrons. The quantitative estimate of drug-likeness (QED) is 0.284. The third kappa shape index (κ3) is 5.79. The van der Waals surface area contributed by atoms with E-state index in [0.29, 0.717) is 17.7 Å². The second-order valence-corrected chi connectivity index (χ2v) is 5.59. The van der Waals surface area contributed by atoms with E-state index in [1.54, 1.807) is 0 Å². The molecular weight excluding hydrogens is 342 g/mol. The number of thioether (sulfide) groups is 1. The Balaban J connectivity index is 0.00000151. The van der Waals surface area contributed by atoms with Crippen LogP contribution in [0.15, 0.2) is 34.8 Å². The number of nitrogens with zero attached hydrogens (tertiary/aromatic N) is 3. The Morgan fingerprint density at radius 1 is 1.36 bits per heavy atom. The van der Waals surface area contributed by atoms with Crippen LogP contribution in [0.2, 0.25) is 0 Å². The molecular formula is C16H23N5O3S. The topological polar surface area (TPSA) is 127 Å². The number of aromatic nitrogens is 4. The van der Waals surface area contributed by atoms with Crippen LogP contribution < -0.4 is 11.4 Å².